The van der Waals surface area contributed by atoms with Crippen molar-refractivity contribution in [1.29, 1.82) is 0 Å². The van der Waals surface area contributed by atoms with Crippen LogP contribution in [0.5, 0.6) is 0 Å². The molecule has 0 saturated heterocycles. The SMILES string of the molecule is C(=Nc1cc(Nc2cccnc2)[nH]n1)c1ccccc1. The molecule has 0 bridgehead atoms. The van der Waals surface area contributed by atoms with Gasteiger partial charge in [-0.3, -0.25) is 10.1 Å². The maximum absolute atomic E-state index is 4.32. The van der Waals surface area contributed by atoms with Crippen molar-refractivity contribution in [1.82, 2.24) is 15.2 Å². The summed E-state index contributed by atoms with van der Waals surface area (Å²) in [5.74, 6) is 1.40. The summed E-state index contributed by atoms with van der Waals surface area (Å²) in [6.07, 6.45) is 5.26. The Balaban J connectivity index is 1.70. The lowest BCUT2D eigenvalue weighted by Crippen LogP contribution is -1.90. The van der Waals surface area contributed by atoms with E-state index in [4.69, 9.17) is 0 Å². The molecule has 98 valence electrons. The molecule has 5 heteroatoms. The van der Waals surface area contributed by atoms with Gasteiger partial charge in [-0.15, -0.1) is 0 Å². The number of aromatic nitrogens is 3. The van der Waals surface area contributed by atoms with Crippen molar-refractivity contribution in [2.24, 2.45) is 4.99 Å². The standard InChI is InChI=1S/C15H13N5/c1-2-5-12(6-3-1)10-17-14-9-15(20-19-14)18-13-7-4-8-16-11-13/h1-11H,(H2,18,19,20). The zero-order valence-electron chi connectivity index (χ0n) is 10.7. The molecule has 0 saturated carbocycles. The van der Waals surface area contributed by atoms with Gasteiger partial charge in [-0.05, 0) is 17.7 Å². The molecule has 2 heterocycles. The Morgan fingerprint density at radius 2 is 2.00 bits per heavy atom. The van der Waals surface area contributed by atoms with E-state index in [0.29, 0.717) is 5.82 Å². The van der Waals surface area contributed by atoms with Gasteiger partial charge in [0.1, 0.15) is 5.82 Å². The number of aromatic amines is 1. The molecule has 0 aliphatic carbocycles. The van der Waals surface area contributed by atoms with Crippen molar-refractivity contribution in [3.63, 3.8) is 0 Å². The number of hydrogen-bond acceptors (Lipinski definition) is 4. The summed E-state index contributed by atoms with van der Waals surface area (Å²) in [6, 6.07) is 15.5. The summed E-state index contributed by atoms with van der Waals surface area (Å²) >= 11 is 0. The molecule has 0 spiro atoms. The number of anilines is 2. The summed E-state index contributed by atoms with van der Waals surface area (Å²) in [5.41, 5.74) is 1.94. The predicted octanol–water partition coefficient (Wildman–Crippen LogP) is 3.30. The monoisotopic (exact) mass is 263 g/mol. The van der Waals surface area contributed by atoms with Gasteiger partial charge in [0, 0.05) is 18.5 Å². The van der Waals surface area contributed by atoms with Crippen LogP contribution >= 0.6 is 0 Å². The highest BCUT2D eigenvalue weighted by atomic mass is 15.2. The number of aliphatic imine (C=N–C) groups is 1. The molecule has 0 radical (unpaired) electrons. The first-order valence-electron chi connectivity index (χ1n) is 6.22. The fourth-order valence-electron chi connectivity index (χ4n) is 1.71. The summed E-state index contributed by atoms with van der Waals surface area (Å²) < 4.78 is 0. The van der Waals surface area contributed by atoms with Gasteiger partial charge in [0.25, 0.3) is 0 Å². The summed E-state index contributed by atoms with van der Waals surface area (Å²) in [6.45, 7) is 0. The van der Waals surface area contributed by atoms with E-state index in [1.807, 2.05) is 48.5 Å². The highest BCUT2D eigenvalue weighted by molar-refractivity contribution is 5.81. The number of pyridine rings is 1. The first kappa shape index (κ1) is 12.1. The van der Waals surface area contributed by atoms with Crippen LogP contribution in [-0.2, 0) is 0 Å². The van der Waals surface area contributed by atoms with Gasteiger partial charge in [0.15, 0.2) is 5.82 Å². The molecule has 0 fully saturated rings. The smallest absolute Gasteiger partial charge is 0.175 e. The van der Waals surface area contributed by atoms with E-state index in [-0.39, 0.29) is 0 Å². The van der Waals surface area contributed by atoms with E-state index in [1.165, 1.54) is 0 Å². The summed E-state index contributed by atoms with van der Waals surface area (Å²) in [5, 5.41) is 10.2. The lowest BCUT2D eigenvalue weighted by molar-refractivity contribution is 1.08. The van der Waals surface area contributed by atoms with Crippen molar-refractivity contribution in [2.75, 3.05) is 5.32 Å². The van der Waals surface area contributed by atoms with Crippen molar-refractivity contribution in [2.45, 2.75) is 0 Å². The Bertz CT molecular complexity index is 689. The normalized spacial score (nSPS) is 10.8. The first-order chi connectivity index (χ1) is 9.90. The van der Waals surface area contributed by atoms with Gasteiger partial charge in [0.05, 0.1) is 11.9 Å². The molecule has 5 nitrogen and oxygen atoms in total. The van der Waals surface area contributed by atoms with E-state index >= 15 is 0 Å². The highest BCUT2D eigenvalue weighted by Crippen LogP contribution is 2.17. The Kier molecular flexibility index (Phi) is 3.51. The number of nitrogens with one attached hydrogen (secondary N) is 2. The lowest BCUT2D eigenvalue weighted by atomic mass is 10.2. The van der Waals surface area contributed by atoms with Crippen LogP contribution in [0.3, 0.4) is 0 Å². The fraction of sp³-hybridized carbons (Fsp3) is 0. The zero-order chi connectivity index (χ0) is 13.6. The fourth-order valence-corrected chi connectivity index (χ4v) is 1.71. The number of rotatable bonds is 4. The number of H-pyrrole nitrogens is 1. The van der Waals surface area contributed by atoms with Crippen molar-refractivity contribution < 1.29 is 0 Å². The van der Waals surface area contributed by atoms with Crippen molar-refractivity contribution in [3.8, 4) is 0 Å². The molecule has 3 aromatic rings. The minimum atomic E-state index is 0.625. The van der Waals surface area contributed by atoms with Crippen LogP contribution in [0, 0.1) is 0 Å². The second-order valence-electron chi connectivity index (χ2n) is 4.18. The molecular weight excluding hydrogens is 250 g/mol. The second kappa shape index (κ2) is 5.79. The first-order valence-corrected chi connectivity index (χ1v) is 6.22. The summed E-state index contributed by atoms with van der Waals surface area (Å²) in [4.78, 5) is 8.35. The average molecular weight is 263 g/mol. The van der Waals surface area contributed by atoms with Crippen LogP contribution in [0.2, 0.25) is 0 Å². The topological polar surface area (TPSA) is 66.0 Å². The molecule has 1 aromatic carbocycles. The van der Waals surface area contributed by atoms with Gasteiger partial charge in [-0.25, -0.2) is 4.99 Å². The zero-order valence-corrected chi connectivity index (χ0v) is 10.7. The largest absolute Gasteiger partial charge is 0.339 e. The van der Waals surface area contributed by atoms with E-state index in [2.05, 4.69) is 25.5 Å². The molecule has 0 amide bonds. The second-order valence-corrected chi connectivity index (χ2v) is 4.18. The third-order valence-corrected chi connectivity index (χ3v) is 2.65. The van der Waals surface area contributed by atoms with E-state index < -0.39 is 0 Å². The van der Waals surface area contributed by atoms with Crippen molar-refractivity contribution >= 4 is 23.5 Å². The minimum absolute atomic E-state index is 0.625. The summed E-state index contributed by atoms with van der Waals surface area (Å²) in [7, 11) is 0. The molecule has 2 aromatic heterocycles. The van der Waals surface area contributed by atoms with Crippen molar-refractivity contribution in [3.05, 3.63) is 66.5 Å². The number of hydrogen-bond donors (Lipinski definition) is 2. The van der Waals surface area contributed by atoms with Gasteiger partial charge >= 0.3 is 0 Å². The van der Waals surface area contributed by atoms with Gasteiger partial charge in [-0.1, -0.05) is 30.3 Å². The van der Waals surface area contributed by atoms with Gasteiger partial charge in [-0.2, -0.15) is 5.10 Å². The third-order valence-electron chi connectivity index (χ3n) is 2.65. The maximum Gasteiger partial charge on any atom is 0.175 e. The Hall–Kier alpha value is -2.95. The highest BCUT2D eigenvalue weighted by Gasteiger charge is 1.99. The maximum atomic E-state index is 4.32. The molecule has 0 aliphatic rings. The van der Waals surface area contributed by atoms with Crippen LogP contribution in [0.1, 0.15) is 5.56 Å². The molecule has 0 atom stereocenters. The molecule has 0 unspecified atom stereocenters. The number of nitrogens with zero attached hydrogens (tertiary/aromatic N) is 3. The molecular formula is C15H13N5. The van der Waals surface area contributed by atoms with Crippen LogP contribution in [0.4, 0.5) is 17.3 Å². The van der Waals surface area contributed by atoms with Gasteiger partial charge in [0.2, 0.25) is 0 Å². The Morgan fingerprint density at radius 3 is 2.80 bits per heavy atom. The van der Waals surface area contributed by atoms with Crippen LogP contribution < -0.4 is 5.32 Å². The van der Waals surface area contributed by atoms with Gasteiger partial charge < -0.3 is 5.32 Å². The minimum Gasteiger partial charge on any atom is -0.339 e. The van der Waals surface area contributed by atoms with Crippen LogP contribution in [0.25, 0.3) is 0 Å². The quantitative estimate of drug-likeness (QED) is 0.710. The lowest BCUT2D eigenvalue weighted by Gasteiger charge is -2.00. The van der Waals surface area contributed by atoms with Crippen LogP contribution in [0.15, 0.2) is 65.9 Å². The Morgan fingerprint density at radius 1 is 1.10 bits per heavy atom. The average Bonchev–Trinajstić information content (AvgIpc) is 2.95. The van der Waals surface area contributed by atoms with E-state index in [9.17, 15) is 0 Å². The van der Waals surface area contributed by atoms with E-state index in [1.54, 1.807) is 18.6 Å². The van der Waals surface area contributed by atoms with E-state index in [0.717, 1.165) is 17.1 Å². The number of benzene rings is 1. The predicted molar refractivity (Wildman–Crippen MR) is 79.8 cm³/mol. The Labute approximate surface area is 116 Å². The molecule has 20 heavy (non-hydrogen) atoms. The molecule has 0 aliphatic heterocycles. The molecule has 2 N–H and O–H groups in total. The van der Waals surface area contributed by atoms with Crippen LogP contribution in [-0.4, -0.2) is 21.4 Å². The third kappa shape index (κ3) is 3.08. The molecule has 3 rings (SSSR count).